The van der Waals surface area contributed by atoms with Crippen molar-refractivity contribution in [3.8, 4) is 0 Å². The predicted molar refractivity (Wildman–Crippen MR) is 94.8 cm³/mol. The van der Waals surface area contributed by atoms with E-state index in [0.29, 0.717) is 24.5 Å². The molecule has 1 amide bonds. The summed E-state index contributed by atoms with van der Waals surface area (Å²) in [6, 6.07) is 10.4. The lowest BCUT2D eigenvalue weighted by molar-refractivity contribution is 0.0940. The summed E-state index contributed by atoms with van der Waals surface area (Å²) >= 11 is 0. The van der Waals surface area contributed by atoms with Crippen LogP contribution in [0.2, 0.25) is 0 Å². The number of carbonyl (C=O) groups excluding carboxylic acids is 1. The van der Waals surface area contributed by atoms with Crippen LogP contribution in [0.15, 0.2) is 35.1 Å². The molecule has 2 aliphatic heterocycles. The third-order valence-electron chi connectivity index (χ3n) is 4.80. The summed E-state index contributed by atoms with van der Waals surface area (Å²) in [6.45, 7) is 4.75. The minimum absolute atomic E-state index is 0.193. The first kappa shape index (κ1) is 15.8. The smallest absolute Gasteiger partial charge is 0.270 e. The molecule has 1 saturated heterocycles. The van der Waals surface area contributed by atoms with Gasteiger partial charge in [-0.1, -0.05) is 30.3 Å². The number of carbonyl (C=O) groups is 1. The van der Waals surface area contributed by atoms with Crippen LogP contribution >= 0.6 is 0 Å². The summed E-state index contributed by atoms with van der Waals surface area (Å²) in [5.74, 6) is 0.247. The summed E-state index contributed by atoms with van der Waals surface area (Å²) < 4.78 is 0. The lowest BCUT2D eigenvalue weighted by Crippen LogP contribution is -2.47. The minimum Gasteiger partial charge on any atom is -0.350 e. The molecule has 0 unspecified atom stereocenters. The molecule has 0 saturated carbocycles. The van der Waals surface area contributed by atoms with E-state index in [1.165, 1.54) is 5.56 Å². The first-order chi connectivity index (χ1) is 12.2. The number of H-pyrrole nitrogens is 1. The quantitative estimate of drug-likeness (QED) is 0.845. The number of aromatic amines is 1. The molecule has 25 heavy (non-hydrogen) atoms. The van der Waals surface area contributed by atoms with E-state index in [0.717, 1.165) is 32.7 Å². The Kier molecular flexibility index (Phi) is 4.23. The monoisotopic (exact) mass is 339 g/mol. The van der Waals surface area contributed by atoms with E-state index in [2.05, 4.69) is 44.5 Å². The molecule has 3 heterocycles. The first-order valence-electron chi connectivity index (χ1n) is 8.63. The summed E-state index contributed by atoms with van der Waals surface area (Å²) in [5.41, 5.74) is 1.88. The van der Waals surface area contributed by atoms with E-state index in [1.807, 2.05) is 11.0 Å². The van der Waals surface area contributed by atoms with Gasteiger partial charge in [-0.3, -0.25) is 19.5 Å². The highest BCUT2D eigenvalue weighted by molar-refractivity contribution is 5.94. The summed E-state index contributed by atoms with van der Waals surface area (Å²) in [5, 5.41) is 2.75. The van der Waals surface area contributed by atoms with E-state index in [1.54, 1.807) is 0 Å². The number of piperazine rings is 1. The maximum atomic E-state index is 12.3. The second-order valence-electron chi connectivity index (χ2n) is 6.47. The normalized spacial score (nSPS) is 17.9. The van der Waals surface area contributed by atoms with Gasteiger partial charge < -0.3 is 10.2 Å². The SMILES string of the molecule is O=C1NCCc2c1nc(N1CCN(Cc3ccccc3)CC1)[nH]c2=O. The zero-order valence-electron chi connectivity index (χ0n) is 14.0. The van der Waals surface area contributed by atoms with E-state index < -0.39 is 0 Å². The van der Waals surface area contributed by atoms with Gasteiger partial charge in [0.2, 0.25) is 5.95 Å². The largest absolute Gasteiger partial charge is 0.350 e. The molecule has 2 aliphatic rings. The van der Waals surface area contributed by atoms with Crippen molar-refractivity contribution in [3.63, 3.8) is 0 Å². The lowest BCUT2D eigenvalue weighted by Gasteiger charge is -2.35. The van der Waals surface area contributed by atoms with Crippen LogP contribution in [-0.4, -0.2) is 53.5 Å². The van der Waals surface area contributed by atoms with Crippen molar-refractivity contribution in [2.24, 2.45) is 0 Å². The van der Waals surface area contributed by atoms with Crippen LogP contribution in [0.1, 0.15) is 21.6 Å². The number of rotatable bonds is 3. The van der Waals surface area contributed by atoms with Gasteiger partial charge >= 0.3 is 0 Å². The second-order valence-corrected chi connectivity index (χ2v) is 6.47. The molecular formula is C18H21N5O2. The Morgan fingerprint density at radius 1 is 1.04 bits per heavy atom. The molecule has 0 atom stereocenters. The molecular weight excluding hydrogens is 318 g/mol. The lowest BCUT2D eigenvalue weighted by atomic mass is 10.1. The van der Waals surface area contributed by atoms with E-state index in [-0.39, 0.29) is 17.2 Å². The highest BCUT2D eigenvalue weighted by atomic mass is 16.2. The Hall–Kier alpha value is -2.67. The molecule has 0 spiro atoms. The maximum Gasteiger partial charge on any atom is 0.270 e. The molecule has 1 aromatic carbocycles. The van der Waals surface area contributed by atoms with Crippen molar-refractivity contribution in [1.82, 2.24) is 20.2 Å². The molecule has 2 aromatic rings. The van der Waals surface area contributed by atoms with Crippen molar-refractivity contribution < 1.29 is 4.79 Å². The number of benzene rings is 1. The predicted octanol–water partition coefficient (Wildman–Crippen LogP) is 0.378. The molecule has 0 bridgehead atoms. The molecule has 7 heteroatoms. The Bertz CT molecular complexity index is 825. The summed E-state index contributed by atoms with van der Waals surface area (Å²) in [7, 11) is 0. The number of nitrogens with one attached hydrogen (secondary N) is 2. The molecule has 2 N–H and O–H groups in total. The van der Waals surface area contributed by atoms with Gasteiger partial charge in [-0.2, -0.15) is 0 Å². The van der Waals surface area contributed by atoms with Gasteiger partial charge in [0, 0.05) is 39.3 Å². The fraction of sp³-hybridized carbons (Fsp3) is 0.389. The first-order valence-corrected chi connectivity index (χ1v) is 8.63. The number of amides is 1. The molecule has 0 radical (unpaired) electrons. The highest BCUT2D eigenvalue weighted by Crippen LogP contribution is 2.15. The fourth-order valence-electron chi connectivity index (χ4n) is 3.40. The van der Waals surface area contributed by atoms with Gasteiger partial charge in [0.15, 0.2) is 0 Å². The van der Waals surface area contributed by atoms with Crippen LogP contribution in [0, 0.1) is 0 Å². The Morgan fingerprint density at radius 3 is 2.56 bits per heavy atom. The molecule has 130 valence electrons. The van der Waals surface area contributed by atoms with Crippen molar-refractivity contribution in [2.45, 2.75) is 13.0 Å². The van der Waals surface area contributed by atoms with Crippen LogP contribution in [0.3, 0.4) is 0 Å². The van der Waals surface area contributed by atoms with Gasteiger partial charge in [-0.05, 0) is 12.0 Å². The van der Waals surface area contributed by atoms with Gasteiger partial charge in [0.05, 0.1) is 5.56 Å². The molecule has 1 fully saturated rings. The third-order valence-corrected chi connectivity index (χ3v) is 4.80. The minimum atomic E-state index is -0.253. The van der Waals surface area contributed by atoms with E-state index in [9.17, 15) is 9.59 Å². The Morgan fingerprint density at radius 2 is 1.80 bits per heavy atom. The Balaban J connectivity index is 1.46. The summed E-state index contributed by atoms with van der Waals surface area (Å²) in [4.78, 5) is 35.9. The maximum absolute atomic E-state index is 12.3. The summed E-state index contributed by atoms with van der Waals surface area (Å²) in [6.07, 6.45) is 0.536. The van der Waals surface area contributed by atoms with Crippen molar-refractivity contribution in [3.05, 3.63) is 57.5 Å². The van der Waals surface area contributed by atoms with Crippen LogP contribution in [0.25, 0.3) is 0 Å². The third kappa shape index (κ3) is 3.28. The number of anilines is 1. The topological polar surface area (TPSA) is 81.3 Å². The van der Waals surface area contributed by atoms with Crippen molar-refractivity contribution >= 4 is 11.9 Å². The van der Waals surface area contributed by atoms with Gasteiger partial charge in [-0.25, -0.2) is 4.98 Å². The second kappa shape index (κ2) is 6.68. The molecule has 1 aromatic heterocycles. The Labute approximate surface area is 145 Å². The van der Waals surface area contributed by atoms with Gasteiger partial charge in [-0.15, -0.1) is 0 Å². The zero-order valence-corrected chi connectivity index (χ0v) is 14.0. The van der Waals surface area contributed by atoms with Crippen molar-refractivity contribution in [2.75, 3.05) is 37.6 Å². The number of hydrogen-bond acceptors (Lipinski definition) is 5. The molecule has 0 aliphatic carbocycles. The van der Waals surface area contributed by atoms with Crippen LogP contribution in [0.5, 0.6) is 0 Å². The number of nitrogens with zero attached hydrogens (tertiary/aromatic N) is 3. The molecule has 4 rings (SSSR count). The van der Waals surface area contributed by atoms with Crippen molar-refractivity contribution in [1.29, 1.82) is 0 Å². The average molecular weight is 339 g/mol. The highest BCUT2D eigenvalue weighted by Gasteiger charge is 2.25. The van der Waals surface area contributed by atoms with Gasteiger partial charge in [0.25, 0.3) is 11.5 Å². The fourth-order valence-corrected chi connectivity index (χ4v) is 3.40. The number of aromatic nitrogens is 2. The van der Waals surface area contributed by atoms with Crippen LogP contribution in [0.4, 0.5) is 5.95 Å². The standard InChI is InChI=1S/C18H21N5O2/c24-16-14-6-7-19-17(25)15(14)20-18(21-16)23-10-8-22(9-11-23)12-13-4-2-1-3-5-13/h1-5H,6-12H2,(H,19,25)(H,20,21,24). The van der Waals surface area contributed by atoms with Gasteiger partial charge in [0.1, 0.15) is 5.69 Å². The van der Waals surface area contributed by atoms with E-state index >= 15 is 0 Å². The zero-order chi connectivity index (χ0) is 17.2. The number of hydrogen-bond donors (Lipinski definition) is 2. The van der Waals surface area contributed by atoms with Crippen LogP contribution < -0.4 is 15.8 Å². The van der Waals surface area contributed by atoms with E-state index in [4.69, 9.17) is 0 Å². The average Bonchev–Trinajstić information content (AvgIpc) is 2.64. The molecule has 7 nitrogen and oxygen atoms in total. The van der Waals surface area contributed by atoms with Crippen LogP contribution in [-0.2, 0) is 13.0 Å². The number of fused-ring (bicyclic) bond motifs is 1.